The second-order valence-corrected chi connectivity index (χ2v) is 3.26. The lowest BCUT2D eigenvalue weighted by atomic mass is 10.0. The van der Waals surface area contributed by atoms with Gasteiger partial charge in [-0.1, -0.05) is 0 Å². The minimum atomic E-state index is -0.355. The summed E-state index contributed by atoms with van der Waals surface area (Å²) >= 11 is 0. The maximum atomic E-state index is 10.6. The number of aliphatic hydroxyl groups is 1. The van der Waals surface area contributed by atoms with Gasteiger partial charge in [0.1, 0.15) is 0 Å². The number of carbonyl (C=O) groups excluding carboxylic acids is 1. The van der Waals surface area contributed by atoms with E-state index in [2.05, 4.69) is 0 Å². The van der Waals surface area contributed by atoms with Crippen molar-refractivity contribution in [3.63, 3.8) is 0 Å². The van der Waals surface area contributed by atoms with Crippen molar-refractivity contribution in [2.75, 3.05) is 32.9 Å². The molecule has 3 N–H and O–H groups in total. The molecule has 1 aliphatic rings. The van der Waals surface area contributed by atoms with E-state index in [0.29, 0.717) is 38.6 Å². The SMILES string of the molecule is NC(=O)N1CC(COCCCO)C1. The maximum absolute atomic E-state index is 10.6. The van der Waals surface area contributed by atoms with Crippen molar-refractivity contribution in [1.82, 2.24) is 4.90 Å². The molecule has 0 saturated carbocycles. The Kier molecular flexibility index (Phi) is 3.98. The Labute approximate surface area is 77.5 Å². The minimum absolute atomic E-state index is 0.165. The van der Waals surface area contributed by atoms with Crippen molar-refractivity contribution in [3.05, 3.63) is 0 Å². The van der Waals surface area contributed by atoms with Gasteiger partial charge in [-0.25, -0.2) is 4.79 Å². The number of primary amides is 1. The number of hydrogen-bond acceptors (Lipinski definition) is 3. The third-order valence-electron chi connectivity index (χ3n) is 2.07. The summed E-state index contributed by atoms with van der Waals surface area (Å²) in [4.78, 5) is 12.2. The van der Waals surface area contributed by atoms with Crippen LogP contribution in [0.2, 0.25) is 0 Å². The average molecular weight is 188 g/mol. The molecule has 0 aromatic carbocycles. The van der Waals surface area contributed by atoms with E-state index in [0.717, 1.165) is 0 Å². The molecule has 1 fully saturated rings. The number of rotatable bonds is 5. The van der Waals surface area contributed by atoms with Crippen LogP contribution in [-0.2, 0) is 4.74 Å². The molecule has 1 heterocycles. The molecule has 0 aliphatic carbocycles. The highest BCUT2D eigenvalue weighted by atomic mass is 16.5. The van der Waals surface area contributed by atoms with Crippen molar-refractivity contribution < 1.29 is 14.6 Å². The lowest BCUT2D eigenvalue weighted by Gasteiger charge is -2.37. The Balaban J connectivity index is 1.93. The second kappa shape index (κ2) is 5.04. The third-order valence-corrected chi connectivity index (χ3v) is 2.07. The summed E-state index contributed by atoms with van der Waals surface area (Å²) in [5.41, 5.74) is 5.05. The zero-order chi connectivity index (χ0) is 9.68. The van der Waals surface area contributed by atoms with Crippen LogP contribution in [0, 0.1) is 5.92 Å². The van der Waals surface area contributed by atoms with E-state index in [-0.39, 0.29) is 12.6 Å². The molecule has 0 bridgehead atoms. The quantitative estimate of drug-likeness (QED) is 0.565. The molecule has 0 aromatic heterocycles. The van der Waals surface area contributed by atoms with Crippen LogP contribution in [0.4, 0.5) is 4.79 Å². The summed E-state index contributed by atoms with van der Waals surface area (Å²) < 4.78 is 5.27. The zero-order valence-corrected chi connectivity index (χ0v) is 7.61. The van der Waals surface area contributed by atoms with Gasteiger partial charge in [0.15, 0.2) is 0 Å². The van der Waals surface area contributed by atoms with Crippen molar-refractivity contribution in [2.45, 2.75) is 6.42 Å². The standard InChI is InChI=1S/C8H16N2O3/c9-8(12)10-4-7(5-10)6-13-3-1-2-11/h7,11H,1-6H2,(H2,9,12). The highest BCUT2D eigenvalue weighted by molar-refractivity contribution is 5.72. The third kappa shape index (κ3) is 3.20. The van der Waals surface area contributed by atoms with Gasteiger partial charge in [0.25, 0.3) is 0 Å². The molecule has 0 aromatic rings. The van der Waals surface area contributed by atoms with E-state index in [4.69, 9.17) is 15.6 Å². The molecular formula is C8H16N2O3. The van der Waals surface area contributed by atoms with Crippen LogP contribution in [0.3, 0.4) is 0 Å². The van der Waals surface area contributed by atoms with E-state index in [1.807, 2.05) is 0 Å². The molecule has 1 rings (SSSR count). The largest absolute Gasteiger partial charge is 0.396 e. The van der Waals surface area contributed by atoms with Crippen LogP contribution >= 0.6 is 0 Å². The Hall–Kier alpha value is -0.810. The van der Waals surface area contributed by atoms with Crippen molar-refractivity contribution in [3.8, 4) is 0 Å². The maximum Gasteiger partial charge on any atom is 0.314 e. The molecule has 0 radical (unpaired) electrons. The Bertz CT molecular complexity index is 169. The second-order valence-electron chi connectivity index (χ2n) is 3.26. The first-order valence-corrected chi connectivity index (χ1v) is 4.47. The van der Waals surface area contributed by atoms with Crippen LogP contribution in [0.1, 0.15) is 6.42 Å². The number of nitrogens with zero attached hydrogens (tertiary/aromatic N) is 1. The molecule has 0 atom stereocenters. The molecule has 1 aliphatic heterocycles. The first kappa shape index (κ1) is 10.3. The summed E-state index contributed by atoms with van der Waals surface area (Å²) in [6.07, 6.45) is 0.673. The molecule has 0 spiro atoms. The van der Waals surface area contributed by atoms with Crippen LogP contribution in [0.15, 0.2) is 0 Å². The monoisotopic (exact) mass is 188 g/mol. The molecule has 5 heteroatoms. The lowest BCUT2D eigenvalue weighted by Crippen LogP contribution is -2.53. The Morgan fingerprint density at radius 1 is 1.62 bits per heavy atom. The van der Waals surface area contributed by atoms with Gasteiger partial charge in [-0.15, -0.1) is 0 Å². The van der Waals surface area contributed by atoms with Gasteiger partial charge in [-0.2, -0.15) is 0 Å². The molecule has 13 heavy (non-hydrogen) atoms. The average Bonchev–Trinajstić information content (AvgIpc) is 2.00. The van der Waals surface area contributed by atoms with Crippen LogP contribution in [0.25, 0.3) is 0 Å². The predicted molar refractivity (Wildman–Crippen MR) is 47.2 cm³/mol. The first-order chi connectivity index (χ1) is 6.24. The number of carbonyl (C=O) groups is 1. The van der Waals surface area contributed by atoms with Gasteiger partial charge in [0, 0.05) is 32.2 Å². The molecule has 0 unspecified atom stereocenters. The summed E-state index contributed by atoms with van der Waals surface area (Å²) in [7, 11) is 0. The van der Waals surface area contributed by atoms with Gasteiger partial charge < -0.3 is 20.5 Å². The van der Waals surface area contributed by atoms with E-state index >= 15 is 0 Å². The number of likely N-dealkylation sites (tertiary alicyclic amines) is 1. The van der Waals surface area contributed by atoms with E-state index in [9.17, 15) is 4.79 Å². The number of urea groups is 1. The topological polar surface area (TPSA) is 75.8 Å². The Morgan fingerprint density at radius 3 is 2.85 bits per heavy atom. The Morgan fingerprint density at radius 2 is 2.31 bits per heavy atom. The smallest absolute Gasteiger partial charge is 0.314 e. The van der Waals surface area contributed by atoms with Gasteiger partial charge in [0.05, 0.1) is 6.61 Å². The van der Waals surface area contributed by atoms with E-state index < -0.39 is 0 Å². The molecule has 5 nitrogen and oxygen atoms in total. The highest BCUT2D eigenvalue weighted by Crippen LogP contribution is 2.14. The number of aliphatic hydroxyl groups excluding tert-OH is 1. The first-order valence-electron chi connectivity index (χ1n) is 4.47. The summed E-state index contributed by atoms with van der Waals surface area (Å²) in [6.45, 7) is 2.81. The molecular weight excluding hydrogens is 172 g/mol. The summed E-state index contributed by atoms with van der Waals surface area (Å²) in [6, 6.07) is -0.355. The fourth-order valence-corrected chi connectivity index (χ4v) is 1.27. The highest BCUT2D eigenvalue weighted by Gasteiger charge is 2.28. The van der Waals surface area contributed by atoms with Crippen molar-refractivity contribution >= 4 is 6.03 Å². The van der Waals surface area contributed by atoms with Crippen LogP contribution in [0.5, 0.6) is 0 Å². The van der Waals surface area contributed by atoms with Crippen molar-refractivity contribution in [1.29, 1.82) is 0 Å². The fraction of sp³-hybridized carbons (Fsp3) is 0.875. The van der Waals surface area contributed by atoms with Crippen LogP contribution < -0.4 is 5.73 Å². The number of hydrogen-bond donors (Lipinski definition) is 2. The van der Waals surface area contributed by atoms with Crippen LogP contribution in [-0.4, -0.2) is 48.9 Å². The van der Waals surface area contributed by atoms with E-state index in [1.54, 1.807) is 4.90 Å². The van der Waals surface area contributed by atoms with Gasteiger partial charge in [0.2, 0.25) is 0 Å². The number of amides is 2. The summed E-state index contributed by atoms with van der Waals surface area (Å²) in [5, 5.41) is 8.47. The lowest BCUT2D eigenvalue weighted by molar-refractivity contribution is 0.0299. The zero-order valence-electron chi connectivity index (χ0n) is 7.61. The van der Waals surface area contributed by atoms with Gasteiger partial charge in [-0.3, -0.25) is 0 Å². The number of nitrogens with two attached hydrogens (primary N) is 1. The molecule has 2 amide bonds. The summed E-state index contributed by atoms with van der Waals surface area (Å²) in [5.74, 6) is 0.422. The normalized spacial score (nSPS) is 17.2. The predicted octanol–water partition coefficient (Wildman–Crippen LogP) is -0.604. The number of ether oxygens (including phenoxy) is 1. The van der Waals surface area contributed by atoms with E-state index in [1.165, 1.54) is 0 Å². The van der Waals surface area contributed by atoms with Gasteiger partial charge >= 0.3 is 6.03 Å². The molecule has 76 valence electrons. The van der Waals surface area contributed by atoms with Gasteiger partial charge in [-0.05, 0) is 6.42 Å². The fourth-order valence-electron chi connectivity index (χ4n) is 1.27. The minimum Gasteiger partial charge on any atom is -0.396 e. The van der Waals surface area contributed by atoms with Crippen molar-refractivity contribution in [2.24, 2.45) is 11.7 Å². The molecule has 1 saturated heterocycles.